The van der Waals surface area contributed by atoms with Crippen molar-refractivity contribution >= 4 is 27.5 Å². The molecule has 1 N–H and O–H groups in total. The molecular weight excluding hydrogens is 316 g/mol. The van der Waals surface area contributed by atoms with Crippen molar-refractivity contribution in [2.75, 3.05) is 0 Å². The van der Waals surface area contributed by atoms with Crippen LogP contribution in [0.5, 0.6) is 0 Å². The highest BCUT2D eigenvalue weighted by molar-refractivity contribution is 9.10. The predicted octanol–water partition coefficient (Wildman–Crippen LogP) is 3.91. The number of hydrogen-bond donors (Lipinski definition) is 1. The number of rotatable bonds is 3. The maximum atomic E-state index is 11.9. The summed E-state index contributed by atoms with van der Waals surface area (Å²) >= 11 is 3.34. The van der Waals surface area contributed by atoms with Gasteiger partial charge in [0.05, 0.1) is 5.71 Å². The zero-order valence-electron chi connectivity index (χ0n) is 11.4. The molecule has 0 saturated carbocycles. The summed E-state index contributed by atoms with van der Waals surface area (Å²) in [5.41, 5.74) is 6.09. The molecule has 0 heterocycles. The Kier molecular flexibility index (Phi) is 4.69. The van der Waals surface area contributed by atoms with E-state index in [1.807, 2.05) is 50.2 Å². The minimum atomic E-state index is -0.224. The Bertz CT molecular complexity index is 648. The largest absolute Gasteiger partial charge is 0.271 e. The first-order chi connectivity index (χ1) is 9.56. The van der Waals surface area contributed by atoms with Crippen molar-refractivity contribution < 1.29 is 4.79 Å². The number of nitrogens with zero attached hydrogens (tertiary/aromatic N) is 1. The van der Waals surface area contributed by atoms with Crippen LogP contribution in [-0.4, -0.2) is 11.6 Å². The summed E-state index contributed by atoms with van der Waals surface area (Å²) < 4.78 is 0.865. The molecule has 0 fully saturated rings. The fourth-order valence-corrected chi connectivity index (χ4v) is 2.09. The Balaban J connectivity index is 2.08. The lowest BCUT2D eigenvalue weighted by Crippen LogP contribution is -2.19. The van der Waals surface area contributed by atoms with Gasteiger partial charge in [-0.05, 0) is 37.6 Å². The molecule has 0 bridgehead atoms. The number of carbonyl (C=O) groups excluding carboxylic acids is 1. The molecule has 2 rings (SSSR count). The third kappa shape index (κ3) is 3.78. The summed E-state index contributed by atoms with van der Waals surface area (Å²) in [5, 5.41) is 4.13. The predicted molar refractivity (Wildman–Crippen MR) is 85.0 cm³/mol. The van der Waals surface area contributed by atoms with Crippen LogP contribution in [0.1, 0.15) is 28.4 Å². The van der Waals surface area contributed by atoms with Gasteiger partial charge in [0.25, 0.3) is 5.91 Å². The number of nitrogens with one attached hydrogen (secondary N) is 1. The molecular formula is C16H15BrN2O. The number of benzene rings is 2. The summed E-state index contributed by atoms with van der Waals surface area (Å²) in [6.45, 7) is 3.90. The van der Waals surface area contributed by atoms with E-state index >= 15 is 0 Å². The van der Waals surface area contributed by atoms with E-state index in [-0.39, 0.29) is 5.91 Å². The average molecular weight is 331 g/mol. The fourth-order valence-electron chi connectivity index (χ4n) is 1.69. The van der Waals surface area contributed by atoms with Gasteiger partial charge in [-0.1, -0.05) is 51.8 Å². The Morgan fingerprint density at radius 2 is 1.80 bits per heavy atom. The highest BCUT2D eigenvalue weighted by Gasteiger charge is 2.05. The summed E-state index contributed by atoms with van der Waals surface area (Å²) in [5.74, 6) is -0.224. The van der Waals surface area contributed by atoms with Crippen LogP contribution in [0.2, 0.25) is 0 Å². The lowest BCUT2D eigenvalue weighted by molar-refractivity contribution is 0.0955. The zero-order chi connectivity index (χ0) is 14.5. The molecule has 4 heteroatoms. The molecule has 1 amide bonds. The third-order valence-corrected chi connectivity index (χ3v) is 3.37. The first-order valence-corrected chi connectivity index (χ1v) is 7.03. The van der Waals surface area contributed by atoms with Gasteiger partial charge < -0.3 is 0 Å². The monoisotopic (exact) mass is 330 g/mol. The SMILES string of the molecule is C/C(=N/NC(=O)c1cccc(Br)c1)c1ccc(C)cc1. The molecule has 2 aromatic rings. The molecule has 2 aromatic carbocycles. The second kappa shape index (κ2) is 6.48. The Labute approximate surface area is 126 Å². The van der Waals surface area contributed by atoms with Crippen molar-refractivity contribution in [2.45, 2.75) is 13.8 Å². The van der Waals surface area contributed by atoms with E-state index in [0.717, 1.165) is 15.7 Å². The summed E-state index contributed by atoms with van der Waals surface area (Å²) in [6, 6.07) is 15.2. The highest BCUT2D eigenvalue weighted by Crippen LogP contribution is 2.11. The van der Waals surface area contributed by atoms with Crippen LogP contribution in [0.25, 0.3) is 0 Å². The topological polar surface area (TPSA) is 41.5 Å². The molecule has 0 aliphatic carbocycles. The lowest BCUT2D eigenvalue weighted by atomic mass is 10.1. The van der Waals surface area contributed by atoms with Gasteiger partial charge in [0, 0.05) is 10.0 Å². The number of amides is 1. The number of halogens is 1. The molecule has 0 unspecified atom stereocenters. The van der Waals surface area contributed by atoms with Crippen LogP contribution >= 0.6 is 15.9 Å². The Morgan fingerprint density at radius 1 is 1.10 bits per heavy atom. The average Bonchev–Trinajstić information content (AvgIpc) is 2.45. The number of hydrazone groups is 1. The fraction of sp³-hybridized carbons (Fsp3) is 0.125. The van der Waals surface area contributed by atoms with Gasteiger partial charge in [-0.2, -0.15) is 5.10 Å². The van der Waals surface area contributed by atoms with Gasteiger partial charge >= 0.3 is 0 Å². The number of carbonyl (C=O) groups is 1. The highest BCUT2D eigenvalue weighted by atomic mass is 79.9. The van der Waals surface area contributed by atoms with Crippen LogP contribution in [0.15, 0.2) is 58.1 Å². The van der Waals surface area contributed by atoms with Gasteiger partial charge in [-0.25, -0.2) is 5.43 Å². The third-order valence-electron chi connectivity index (χ3n) is 2.88. The van der Waals surface area contributed by atoms with E-state index in [2.05, 4.69) is 26.5 Å². The molecule has 0 spiro atoms. The first kappa shape index (κ1) is 14.5. The van der Waals surface area contributed by atoms with Gasteiger partial charge in [-0.15, -0.1) is 0 Å². The van der Waals surface area contributed by atoms with Crippen LogP contribution < -0.4 is 5.43 Å². The van der Waals surface area contributed by atoms with E-state index in [1.165, 1.54) is 5.56 Å². The van der Waals surface area contributed by atoms with Gasteiger partial charge in [0.2, 0.25) is 0 Å². The van der Waals surface area contributed by atoms with Crippen molar-refractivity contribution in [1.82, 2.24) is 5.43 Å². The van der Waals surface area contributed by atoms with E-state index in [1.54, 1.807) is 12.1 Å². The minimum Gasteiger partial charge on any atom is -0.267 e. The molecule has 0 radical (unpaired) electrons. The molecule has 102 valence electrons. The molecule has 0 aromatic heterocycles. The van der Waals surface area contributed by atoms with Gasteiger partial charge in [0.1, 0.15) is 0 Å². The van der Waals surface area contributed by atoms with Crippen molar-refractivity contribution in [2.24, 2.45) is 5.10 Å². The van der Waals surface area contributed by atoms with E-state index in [4.69, 9.17) is 0 Å². The number of hydrogen-bond acceptors (Lipinski definition) is 2. The van der Waals surface area contributed by atoms with Crippen LogP contribution in [0, 0.1) is 6.92 Å². The maximum Gasteiger partial charge on any atom is 0.271 e. The second-order valence-corrected chi connectivity index (χ2v) is 5.43. The molecule has 0 aliphatic rings. The van der Waals surface area contributed by atoms with Crippen molar-refractivity contribution in [1.29, 1.82) is 0 Å². The normalized spacial score (nSPS) is 11.2. The smallest absolute Gasteiger partial charge is 0.267 e. The van der Waals surface area contributed by atoms with Gasteiger partial charge in [-0.3, -0.25) is 4.79 Å². The minimum absolute atomic E-state index is 0.224. The summed E-state index contributed by atoms with van der Waals surface area (Å²) in [7, 11) is 0. The van der Waals surface area contributed by atoms with Crippen LogP contribution in [0.3, 0.4) is 0 Å². The second-order valence-electron chi connectivity index (χ2n) is 4.51. The standard InChI is InChI=1S/C16H15BrN2O/c1-11-6-8-13(9-7-11)12(2)18-19-16(20)14-4-3-5-15(17)10-14/h3-10H,1-2H3,(H,19,20)/b18-12-. The van der Waals surface area contributed by atoms with E-state index < -0.39 is 0 Å². The number of aryl methyl sites for hydroxylation is 1. The maximum absolute atomic E-state index is 11.9. The molecule has 20 heavy (non-hydrogen) atoms. The van der Waals surface area contributed by atoms with Crippen LogP contribution in [0.4, 0.5) is 0 Å². The van der Waals surface area contributed by atoms with Crippen molar-refractivity contribution in [3.05, 3.63) is 69.7 Å². The van der Waals surface area contributed by atoms with Crippen molar-refractivity contribution in [3.63, 3.8) is 0 Å². The molecule has 0 saturated heterocycles. The van der Waals surface area contributed by atoms with E-state index in [9.17, 15) is 4.79 Å². The Morgan fingerprint density at radius 3 is 2.45 bits per heavy atom. The molecule has 0 atom stereocenters. The quantitative estimate of drug-likeness (QED) is 0.672. The van der Waals surface area contributed by atoms with Crippen LogP contribution in [-0.2, 0) is 0 Å². The van der Waals surface area contributed by atoms with E-state index in [0.29, 0.717) is 5.56 Å². The Hall–Kier alpha value is -1.94. The zero-order valence-corrected chi connectivity index (χ0v) is 12.9. The first-order valence-electron chi connectivity index (χ1n) is 6.23. The van der Waals surface area contributed by atoms with Gasteiger partial charge in [0.15, 0.2) is 0 Å². The molecule has 3 nitrogen and oxygen atoms in total. The summed E-state index contributed by atoms with van der Waals surface area (Å²) in [4.78, 5) is 11.9. The lowest BCUT2D eigenvalue weighted by Gasteiger charge is -2.04. The summed E-state index contributed by atoms with van der Waals surface area (Å²) in [6.07, 6.45) is 0. The molecule has 0 aliphatic heterocycles. The van der Waals surface area contributed by atoms with Crippen molar-refractivity contribution in [3.8, 4) is 0 Å².